The minimum absolute atomic E-state index is 0.110. The summed E-state index contributed by atoms with van der Waals surface area (Å²) in [5.41, 5.74) is 0. The molecule has 0 bridgehead atoms. The largest absolute Gasteiger partial charge is 0.360 e. The Labute approximate surface area is 134 Å². The van der Waals surface area contributed by atoms with Crippen molar-refractivity contribution in [1.29, 1.82) is 0 Å². The van der Waals surface area contributed by atoms with Crippen molar-refractivity contribution in [2.24, 2.45) is 5.92 Å². The van der Waals surface area contributed by atoms with Crippen molar-refractivity contribution in [3.05, 3.63) is 0 Å². The van der Waals surface area contributed by atoms with Gasteiger partial charge in [-0.25, -0.2) is 0 Å². The molecule has 0 radical (unpaired) electrons. The number of nitrogens with zero attached hydrogens (tertiary/aromatic N) is 2. The van der Waals surface area contributed by atoms with Gasteiger partial charge in [0.15, 0.2) is 4.34 Å². The van der Waals surface area contributed by atoms with E-state index in [1.54, 1.807) is 0 Å². The van der Waals surface area contributed by atoms with Gasteiger partial charge in [0, 0.05) is 12.6 Å². The van der Waals surface area contributed by atoms with Crippen molar-refractivity contribution in [3.8, 4) is 0 Å². The molecule has 1 saturated carbocycles. The van der Waals surface area contributed by atoms with Crippen LogP contribution in [0.4, 0.5) is 5.13 Å². The zero-order valence-electron chi connectivity index (χ0n) is 12.9. The van der Waals surface area contributed by atoms with E-state index < -0.39 is 0 Å². The minimum atomic E-state index is -0.137. The van der Waals surface area contributed by atoms with Crippen LogP contribution in [-0.2, 0) is 4.79 Å². The number of aromatic nitrogens is 2. The Morgan fingerprint density at radius 3 is 2.90 bits per heavy atom. The molecule has 0 aliphatic heterocycles. The predicted octanol–water partition coefficient (Wildman–Crippen LogP) is 3.15. The van der Waals surface area contributed by atoms with Crippen molar-refractivity contribution in [1.82, 2.24) is 15.5 Å². The van der Waals surface area contributed by atoms with E-state index >= 15 is 0 Å². The number of hydrogen-bond donors (Lipinski definition) is 2. The predicted molar refractivity (Wildman–Crippen MR) is 89.0 cm³/mol. The maximum atomic E-state index is 12.3. The third-order valence-corrected chi connectivity index (χ3v) is 5.89. The van der Waals surface area contributed by atoms with Gasteiger partial charge in [-0.2, -0.15) is 0 Å². The lowest BCUT2D eigenvalue weighted by atomic mass is 9.86. The zero-order chi connectivity index (χ0) is 15.2. The highest BCUT2D eigenvalue weighted by molar-refractivity contribution is 8.02. The third kappa shape index (κ3) is 4.85. The first-order chi connectivity index (χ1) is 10.1. The first kappa shape index (κ1) is 16.5. The molecule has 118 valence electrons. The molecule has 1 aromatic heterocycles. The molecule has 2 N–H and O–H groups in total. The van der Waals surface area contributed by atoms with E-state index in [0.717, 1.165) is 22.4 Å². The molecule has 1 aliphatic carbocycles. The van der Waals surface area contributed by atoms with Crippen molar-refractivity contribution < 1.29 is 4.79 Å². The van der Waals surface area contributed by atoms with E-state index in [4.69, 9.17) is 0 Å². The maximum absolute atomic E-state index is 12.3. The van der Waals surface area contributed by atoms with Gasteiger partial charge in [-0.05, 0) is 32.6 Å². The van der Waals surface area contributed by atoms with Gasteiger partial charge in [0.05, 0.1) is 5.25 Å². The quantitative estimate of drug-likeness (QED) is 0.785. The normalized spacial score (nSPS) is 23.6. The molecule has 2 rings (SSSR count). The van der Waals surface area contributed by atoms with E-state index in [2.05, 4.69) is 27.8 Å². The summed E-state index contributed by atoms with van der Waals surface area (Å²) < 4.78 is 0.838. The lowest BCUT2D eigenvalue weighted by molar-refractivity contribution is -0.121. The summed E-state index contributed by atoms with van der Waals surface area (Å²) in [5, 5.41) is 15.2. The smallest absolute Gasteiger partial charge is 0.233 e. The van der Waals surface area contributed by atoms with E-state index in [9.17, 15) is 4.79 Å². The van der Waals surface area contributed by atoms with Gasteiger partial charge >= 0.3 is 0 Å². The number of thioether (sulfide) groups is 1. The van der Waals surface area contributed by atoms with Crippen LogP contribution in [0.3, 0.4) is 0 Å². The summed E-state index contributed by atoms with van der Waals surface area (Å²) in [5.74, 6) is 0.695. The van der Waals surface area contributed by atoms with Gasteiger partial charge in [-0.15, -0.1) is 10.2 Å². The number of nitrogens with one attached hydrogen (secondary N) is 2. The Morgan fingerprint density at radius 2 is 2.19 bits per heavy atom. The topological polar surface area (TPSA) is 66.9 Å². The molecule has 3 atom stereocenters. The molecular weight excluding hydrogens is 304 g/mol. The van der Waals surface area contributed by atoms with Crippen molar-refractivity contribution >= 4 is 34.1 Å². The highest BCUT2D eigenvalue weighted by atomic mass is 32.2. The molecule has 0 aromatic carbocycles. The van der Waals surface area contributed by atoms with Crippen LogP contribution in [0, 0.1) is 5.92 Å². The van der Waals surface area contributed by atoms with Gasteiger partial charge in [-0.3, -0.25) is 4.79 Å². The third-order valence-electron chi connectivity index (χ3n) is 3.82. The maximum Gasteiger partial charge on any atom is 0.233 e. The number of rotatable bonds is 6. The lowest BCUT2D eigenvalue weighted by Crippen LogP contribution is -2.44. The van der Waals surface area contributed by atoms with E-state index in [0.29, 0.717) is 12.0 Å². The number of carbonyl (C=O) groups is 1. The molecule has 1 aliphatic rings. The monoisotopic (exact) mass is 328 g/mol. The van der Waals surface area contributed by atoms with Crippen LogP contribution in [0.25, 0.3) is 0 Å². The first-order valence-corrected chi connectivity index (χ1v) is 9.34. The van der Waals surface area contributed by atoms with Crippen LogP contribution in [0.15, 0.2) is 4.34 Å². The summed E-state index contributed by atoms with van der Waals surface area (Å²) in [4.78, 5) is 12.3. The Balaban J connectivity index is 1.83. The molecule has 0 saturated heterocycles. The fourth-order valence-electron chi connectivity index (χ4n) is 2.52. The van der Waals surface area contributed by atoms with Crippen molar-refractivity contribution in [2.75, 3.05) is 11.9 Å². The molecule has 21 heavy (non-hydrogen) atoms. The number of carbonyl (C=O) groups excluding carboxylic acids is 1. The molecule has 1 aromatic rings. The van der Waals surface area contributed by atoms with E-state index in [1.807, 2.05) is 13.8 Å². The molecule has 0 spiro atoms. The molecular formula is C14H24N4OS2. The Kier molecular flexibility index (Phi) is 6.29. The summed E-state index contributed by atoms with van der Waals surface area (Å²) in [6.07, 6.45) is 4.83. The van der Waals surface area contributed by atoms with Crippen LogP contribution >= 0.6 is 23.1 Å². The Morgan fingerprint density at radius 1 is 1.43 bits per heavy atom. The SMILES string of the molecule is CCNc1nnc(SC(C)C(=O)NC2CCCCC2C)s1. The summed E-state index contributed by atoms with van der Waals surface area (Å²) in [6, 6.07) is 0.334. The summed E-state index contributed by atoms with van der Waals surface area (Å²) >= 11 is 2.98. The van der Waals surface area contributed by atoms with Gasteiger partial charge in [0.1, 0.15) is 0 Å². The number of anilines is 1. The fourth-order valence-corrected chi connectivity index (χ4v) is 4.49. The Hall–Kier alpha value is -0.820. The van der Waals surface area contributed by atoms with E-state index in [1.165, 1.54) is 42.4 Å². The van der Waals surface area contributed by atoms with E-state index in [-0.39, 0.29) is 11.2 Å². The lowest BCUT2D eigenvalue weighted by Gasteiger charge is -2.30. The molecule has 1 heterocycles. The number of amides is 1. The standard InChI is InChI=1S/C14H24N4OS2/c1-4-15-13-17-18-14(21-13)20-10(3)12(19)16-11-8-6-5-7-9(11)2/h9-11H,4-8H2,1-3H3,(H,15,17)(H,16,19). The van der Waals surface area contributed by atoms with Gasteiger partial charge in [0.2, 0.25) is 11.0 Å². The van der Waals surface area contributed by atoms with Crippen LogP contribution in [0.1, 0.15) is 46.5 Å². The van der Waals surface area contributed by atoms with Crippen LogP contribution < -0.4 is 10.6 Å². The minimum Gasteiger partial charge on any atom is -0.360 e. The highest BCUT2D eigenvalue weighted by Gasteiger charge is 2.25. The molecule has 3 unspecified atom stereocenters. The highest BCUT2D eigenvalue weighted by Crippen LogP contribution is 2.29. The molecule has 7 heteroatoms. The van der Waals surface area contributed by atoms with Crippen molar-refractivity contribution in [2.45, 2.75) is 62.1 Å². The first-order valence-electron chi connectivity index (χ1n) is 7.64. The van der Waals surface area contributed by atoms with Gasteiger partial charge < -0.3 is 10.6 Å². The van der Waals surface area contributed by atoms with Gasteiger partial charge in [0.25, 0.3) is 0 Å². The molecule has 5 nitrogen and oxygen atoms in total. The average Bonchev–Trinajstić information content (AvgIpc) is 2.89. The molecule has 1 amide bonds. The van der Waals surface area contributed by atoms with Crippen LogP contribution in [0.2, 0.25) is 0 Å². The van der Waals surface area contributed by atoms with Crippen molar-refractivity contribution in [3.63, 3.8) is 0 Å². The molecule has 1 fully saturated rings. The van der Waals surface area contributed by atoms with Crippen LogP contribution in [0.5, 0.6) is 0 Å². The Bertz CT molecular complexity index is 466. The van der Waals surface area contributed by atoms with Gasteiger partial charge in [-0.1, -0.05) is 42.9 Å². The second kappa shape index (κ2) is 7.98. The number of hydrogen-bond acceptors (Lipinski definition) is 6. The second-order valence-corrected chi connectivity index (χ2v) is 8.11. The summed E-state index contributed by atoms with van der Waals surface area (Å²) in [7, 11) is 0. The van der Waals surface area contributed by atoms with Crippen LogP contribution in [-0.4, -0.2) is 33.9 Å². The average molecular weight is 329 g/mol. The summed E-state index contributed by atoms with van der Waals surface area (Å²) in [6.45, 7) is 7.02. The second-order valence-electron chi connectivity index (χ2n) is 5.54. The fraction of sp³-hybridized carbons (Fsp3) is 0.786. The zero-order valence-corrected chi connectivity index (χ0v) is 14.5.